The highest BCUT2D eigenvalue weighted by Crippen LogP contribution is 2.15. The van der Waals surface area contributed by atoms with Crippen LogP contribution in [-0.4, -0.2) is 8.42 Å². The van der Waals surface area contributed by atoms with Gasteiger partial charge in [-0.3, -0.25) is 0 Å². The zero-order valence-corrected chi connectivity index (χ0v) is 11.1. The summed E-state index contributed by atoms with van der Waals surface area (Å²) in [6.45, 7) is 3.89. The number of sulfonamides is 1. The van der Waals surface area contributed by atoms with Crippen LogP contribution in [0.5, 0.6) is 0 Å². The molecule has 0 saturated heterocycles. The quantitative estimate of drug-likeness (QED) is 0.923. The second-order valence-corrected chi connectivity index (χ2v) is 5.84. The minimum atomic E-state index is -3.46. The average molecular weight is 265 g/mol. The van der Waals surface area contributed by atoms with E-state index in [4.69, 9.17) is 4.42 Å². The first kappa shape index (κ1) is 12.9. The number of aryl methyl sites for hydroxylation is 2. The van der Waals surface area contributed by atoms with E-state index in [2.05, 4.69) is 4.72 Å². The maximum Gasteiger partial charge on any atom is 0.240 e. The van der Waals surface area contributed by atoms with Gasteiger partial charge in [-0.25, -0.2) is 13.1 Å². The largest absolute Gasteiger partial charge is 0.466 e. The van der Waals surface area contributed by atoms with Crippen LogP contribution in [0.15, 0.2) is 45.7 Å². The molecule has 2 aromatic rings. The number of hydrogen-bond acceptors (Lipinski definition) is 3. The van der Waals surface area contributed by atoms with Crippen LogP contribution in [-0.2, 0) is 16.6 Å². The fraction of sp³-hybridized carbons (Fsp3) is 0.231. The maximum absolute atomic E-state index is 12.0. The van der Waals surface area contributed by atoms with Crippen molar-refractivity contribution in [2.24, 2.45) is 0 Å². The fourth-order valence-corrected chi connectivity index (χ4v) is 2.74. The summed E-state index contributed by atoms with van der Waals surface area (Å²) in [5, 5.41) is 0. The molecule has 0 aliphatic heterocycles. The highest BCUT2D eigenvalue weighted by Gasteiger charge is 2.14. The highest BCUT2D eigenvalue weighted by molar-refractivity contribution is 7.89. The Balaban J connectivity index is 2.13. The number of benzene rings is 1. The lowest BCUT2D eigenvalue weighted by molar-refractivity contribution is 0.500. The molecule has 0 unspecified atom stereocenters. The van der Waals surface area contributed by atoms with Crippen LogP contribution >= 0.6 is 0 Å². The van der Waals surface area contributed by atoms with Gasteiger partial charge >= 0.3 is 0 Å². The molecule has 1 aromatic carbocycles. The van der Waals surface area contributed by atoms with Crippen molar-refractivity contribution in [2.75, 3.05) is 0 Å². The minimum absolute atomic E-state index is 0.237. The number of nitrogens with one attached hydrogen (secondary N) is 1. The Morgan fingerprint density at radius 2 is 1.83 bits per heavy atom. The molecule has 5 heteroatoms. The molecular weight excluding hydrogens is 250 g/mol. The van der Waals surface area contributed by atoms with Crippen molar-refractivity contribution in [2.45, 2.75) is 25.3 Å². The van der Waals surface area contributed by atoms with Crippen molar-refractivity contribution in [3.8, 4) is 0 Å². The van der Waals surface area contributed by atoms with E-state index in [1.165, 1.54) is 0 Å². The van der Waals surface area contributed by atoms with E-state index in [9.17, 15) is 8.42 Å². The predicted octanol–water partition coefficient (Wildman–Crippen LogP) is 2.37. The Kier molecular flexibility index (Phi) is 3.54. The molecule has 0 fully saturated rings. The summed E-state index contributed by atoms with van der Waals surface area (Å²) in [6, 6.07) is 10.1. The van der Waals surface area contributed by atoms with E-state index in [1.807, 2.05) is 19.9 Å². The normalized spacial score (nSPS) is 11.7. The zero-order chi connectivity index (χ0) is 13.2. The third kappa shape index (κ3) is 2.80. The minimum Gasteiger partial charge on any atom is -0.466 e. The Morgan fingerprint density at radius 3 is 2.39 bits per heavy atom. The van der Waals surface area contributed by atoms with Crippen molar-refractivity contribution < 1.29 is 12.8 Å². The molecule has 1 aromatic heterocycles. The molecule has 0 radical (unpaired) electrons. The maximum atomic E-state index is 12.0. The number of furan rings is 1. The van der Waals surface area contributed by atoms with Gasteiger partial charge < -0.3 is 4.42 Å². The van der Waals surface area contributed by atoms with Crippen LogP contribution in [0, 0.1) is 13.8 Å². The van der Waals surface area contributed by atoms with Crippen molar-refractivity contribution >= 4 is 10.0 Å². The summed E-state index contributed by atoms with van der Waals surface area (Å²) in [5.41, 5.74) is 0.854. The van der Waals surface area contributed by atoms with Gasteiger partial charge in [0.2, 0.25) is 10.0 Å². The smallest absolute Gasteiger partial charge is 0.240 e. The molecule has 96 valence electrons. The SMILES string of the molecule is Cc1cc(CNS(=O)(=O)c2ccccc2)c(C)o1. The summed E-state index contributed by atoms with van der Waals surface area (Å²) < 4.78 is 31.9. The zero-order valence-electron chi connectivity index (χ0n) is 10.3. The molecule has 0 bridgehead atoms. The van der Waals surface area contributed by atoms with E-state index < -0.39 is 10.0 Å². The fourth-order valence-electron chi connectivity index (χ4n) is 1.71. The van der Waals surface area contributed by atoms with E-state index in [1.54, 1.807) is 30.3 Å². The van der Waals surface area contributed by atoms with E-state index in [0.29, 0.717) is 0 Å². The highest BCUT2D eigenvalue weighted by atomic mass is 32.2. The summed E-state index contributed by atoms with van der Waals surface area (Å²) in [4.78, 5) is 0.267. The van der Waals surface area contributed by atoms with Crippen LogP contribution in [0.4, 0.5) is 0 Å². The van der Waals surface area contributed by atoms with Crippen LogP contribution in [0.25, 0.3) is 0 Å². The Hall–Kier alpha value is -1.59. The average Bonchev–Trinajstić information content (AvgIpc) is 2.67. The molecule has 0 spiro atoms. The van der Waals surface area contributed by atoms with Gasteiger partial charge in [0, 0.05) is 12.1 Å². The van der Waals surface area contributed by atoms with Crippen molar-refractivity contribution in [1.29, 1.82) is 0 Å². The molecule has 0 atom stereocenters. The van der Waals surface area contributed by atoms with Gasteiger partial charge in [0.25, 0.3) is 0 Å². The van der Waals surface area contributed by atoms with E-state index in [-0.39, 0.29) is 11.4 Å². The van der Waals surface area contributed by atoms with Gasteiger partial charge in [0.05, 0.1) is 4.90 Å². The molecule has 18 heavy (non-hydrogen) atoms. The Bertz CT molecular complexity index is 630. The molecule has 0 aliphatic carbocycles. The van der Waals surface area contributed by atoms with E-state index in [0.717, 1.165) is 17.1 Å². The van der Waals surface area contributed by atoms with Crippen LogP contribution < -0.4 is 4.72 Å². The number of rotatable bonds is 4. The third-order valence-electron chi connectivity index (χ3n) is 2.65. The summed E-state index contributed by atoms with van der Waals surface area (Å²) in [5.74, 6) is 1.52. The molecule has 0 saturated carbocycles. The van der Waals surface area contributed by atoms with Gasteiger partial charge in [-0.1, -0.05) is 18.2 Å². The van der Waals surface area contributed by atoms with E-state index >= 15 is 0 Å². The predicted molar refractivity (Wildman–Crippen MR) is 68.6 cm³/mol. The molecule has 2 rings (SSSR count). The van der Waals surface area contributed by atoms with Crippen molar-refractivity contribution in [1.82, 2.24) is 4.72 Å². The van der Waals surface area contributed by atoms with Crippen LogP contribution in [0.3, 0.4) is 0 Å². The summed E-state index contributed by atoms with van der Waals surface area (Å²) in [7, 11) is -3.46. The lowest BCUT2D eigenvalue weighted by Crippen LogP contribution is -2.23. The molecule has 1 heterocycles. The van der Waals surface area contributed by atoms with Crippen molar-refractivity contribution in [3.63, 3.8) is 0 Å². The van der Waals surface area contributed by atoms with Gasteiger partial charge in [-0.2, -0.15) is 0 Å². The first-order valence-electron chi connectivity index (χ1n) is 5.59. The second-order valence-electron chi connectivity index (χ2n) is 4.08. The van der Waals surface area contributed by atoms with Gasteiger partial charge in [0.1, 0.15) is 11.5 Å². The molecule has 1 N–H and O–H groups in total. The first-order valence-corrected chi connectivity index (χ1v) is 7.08. The Morgan fingerprint density at radius 1 is 1.17 bits per heavy atom. The lowest BCUT2D eigenvalue weighted by Gasteiger charge is -2.05. The third-order valence-corrected chi connectivity index (χ3v) is 4.07. The molecule has 0 amide bonds. The van der Waals surface area contributed by atoms with Gasteiger partial charge in [-0.15, -0.1) is 0 Å². The Labute approximate surface area is 107 Å². The lowest BCUT2D eigenvalue weighted by atomic mass is 10.2. The van der Waals surface area contributed by atoms with Gasteiger partial charge in [0.15, 0.2) is 0 Å². The molecule has 4 nitrogen and oxygen atoms in total. The summed E-state index contributed by atoms with van der Waals surface area (Å²) >= 11 is 0. The number of hydrogen-bond donors (Lipinski definition) is 1. The van der Waals surface area contributed by atoms with Crippen LogP contribution in [0.1, 0.15) is 17.1 Å². The standard InChI is InChI=1S/C13H15NO3S/c1-10-8-12(11(2)17-10)9-14-18(15,16)13-6-4-3-5-7-13/h3-8,14H,9H2,1-2H3. The van der Waals surface area contributed by atoms with Crippen molar-refractivity contribution in [3.05, 3.63) is 53.5 Å². The second kappa shape index (κ2) is 4.96. The monoisotopic (exact) mass is 265 g/mol. The van der Waals surface area contributed by atoms with Gasteiger partial charge in [-0.05, 0) is 32.0 Å². The molecule has 0 aliphatic rings. The summed E-state index contributed by atoms with van der Waals surface area (Å²) in [6.07, 6.45) is 0. The topological polar surface area (TPSA) is 59.3 Å². The first-order chi connectivity index (χ1) is 8.49. The molecular formula is C13H15NO3S. The van der Waals surface area contributed by atoms with Crippen LogP contribution in [0.2, 0.25) is 0 Å².